The van der Waals surface area contributed by atoms with E-state index >= 15 is 0 Å². The van der Waals surface area contributed by atoms with Crippen molar-refractivity contribution in [3.05, 3.63) is 68.9 Å². The molecule has 0 radical (unpaired) electrons. The Hall–Kier alpha value is -3.06. The topological polar surface area (TPSA) is 72.7 Å². The van der Waals surface area contributed by atoms with Gasteiger partial charge in [-0.15, -0.1) is 11.3 Å². The number of amides is 1. The van der Waals surface area contributed by atoms with Gasteiger partial charge in [-0.3, -0.25) is 9.78 Å². The van der Waals surface area contributed by atoms with Gasteiger partial charge >= 0.3 is 0 Å². The highest BCUT2D eigenvalue weighted by Crippen LogP contribution is 2.24. The van der Waals surface area contributed by atoms with Crippen LogP contribution >= 0.6 is 11.3 Å². The quantitative estimate of drug-likeness (QED) is 0.559. The van der Waals surface area contributed by atoms with Crippen molar-refractivity contribution in [1.82, 2.24) is 19.7 Å². The summed E-state index contributed by atoms with van der Waals surface area (Å²) in [6.07, 6.45) is 1.72. The Kier molecular flexibility index (Phi) is 4.68. The summed E-state index contributed by atoms with van der Waals surface area (Å²) in [5.74, 6) is -0.178. The fraction of sp³-hybridized carbons (Fsp3) is 0.238. The molecular formula is C21H21N5OS. The van der Waals surface area contributed by atoms with Crippen LogP contribution in [0, 0.1) is 27.7 Å². The van der Waals surface area contributed by atoms with E-state index in [0.29, 0.717) is 17.8 Å². The molecule has 0 aliphatic heterocycles. The summed E-state index contributed by atoms with van der Waals surface area (Å²) in [5.41, 5.74) is 5.55. The van der Waals surface area contributed by atoms with E-state index in [9.17, 15) is 4.79 Å². The van der Waals surface area contributed by atoms with Gasteiger partial charge in [0.15, 0.2) is 5.65 Å². The molecule has 1 amide bonds. The van der Waals surface area contributed by atoms with Crippen molar-refractivity contribution < 1.29 is 4.79 Å². The fourth-order valence-electron chi connectivity index (χ4n) is 3.42. The second-order valence-electron chi connectivity index (χ2n) is 6.93. The molecule has 0 aromatic carbocycles. The number of nitrogens with one attached hydrogen (secondary N) is 1. The number of hydrogen-bond donors (Lipinski definition) is 1. The zero-order valence-electron chi connectivity index (χ0n) is 16.3. The Morgan fingerprint density at radius 2 is 1.93 bits per heavy atom. The summed E-state index contributed by atoms with van der Waals surface area (Å²) in [7, 11) is 0. The molecule has 0 saturated heterocycles. The number of anilines is 1. The zero-order chi connectivity index (χ0) is 19.8. The molecular weight excluding hydrogens is 370 g/mol. The van der Waals surface area contributed by atoms with Crippen molar-refractivity contribution in [3.8, 4) is 0 Å². The number of aryl methyl sites for hydroxylation is 4. The van der Waals surface area contributed by atoms with Crippen LogP contribution < -0.4 is 5.32 Å². The van der Waals surface area contributed by atoms with Crippen LogP contribution in [0.2, 0.25) is 0 Å². The van der Waals surface area contributed by atoms with Gasteiger partial charge in [-0.05, 0) is 56.8 Å². The number of rotatable bonds is 4. The largest absolute Gasteiger partial charge is 0.320 e. The molecule has 142 valence electrons. The smallest absolute Gasteiger partial charge is 0.256 e. The maximum Gasteiger partial charge on any atom is 0.256 e. The van der Waals surface area contributed by atoms with Crippen molar-refractivity contribution in [2.45, 2.75) is 34.2 Å². The first-order valence-corrected chi connectivity index (χ1v) is 9.92. The second-order valence-corrected chi connectivity index (χ2v) is 7.96. The van der Waals surface area contributed by atoms with Crippen LogP contribution in [0.5, 0.6) is 0 Å². The molecule has 1 N–H and O–H groups in total. The number of aromatic nitrogens is 4. The third-order valence-electron chi connectivity index (χ3n) is 4.63. The van der Waals surface area contributed by atoms with Gasteiger partial charge in [0.25, 0.3) is 5.91 Å². The van der Waals surface area contributed by atoms with Gasteiger partial charge in [-0.1, -0.05) is 6.07 Å². The zero-order valence-corrected chi connectivity index (χ0v) is 17.1. The van der Waals surface area contributed by atoms with E-state index < -0.39 is 0 Å². The highest BCUT2D eigenvalue weighted by Gasteiger charge is 2.18. The number of fused-ring (bicyclic) bond motifs is 1. The normalized spacial score (nSPS) is 11.1. The van der Waals surface area contributed by atoms with Gasteiger partial charge in [-0.25, -0.2) is 9.67 Å². The predicted molar refractivity (Wildman–Crippen MR) is 112 cm³/mol. The maximum absolute atomic E-state index is 13.1. The lowest BCUT2D eigenvalue weighted by Crippen LogP contribution is -2.15. The van der Waals surface area contributed by atoms with E-state index in [-0.39, 0.29) is 5.91 Å². The van der Waals surface area contributed by atoms with E-state index in [1.807, 2.05) is 49.9 Å². The molecule has 0 unspecified atom stereocenters. The van der Waals surface area contributed by atoms with Crippen molar-refractivity contribution in [1.29, 1.82) is 0 Å². The molecule has 0 saturated carbocycles. The highest BCUT2D eigenvalue weighted by molar-refractivity contribution is 7.09. The van der Waals surface area contributed by atoms with Crippen molar-refractivity contribution in [2.75, 3.05) is 5.32 Å². The summed E-state index contributed by atoms with van der Waals surface area (Å²) in [5, 5.41) is 10.3. The molecule has 0 spiro atoms. The molecule has 4 aromatic rings. The minimum Gasteiger partial charge on any atom is -0.320 e. The monoisotopic (exact) mass is 391 g/mol. The molecule has 0 atom stereocenters. The lowest BCUT2D eigenvalue weighted by atomic mass is 10.1. The van der Waals surface area contributed by atoms with Crippen LogP contribution in [0.25, 0.3) is 11.0 Å². The third kappa shape index (κ3) is 3.41. The van der Waals surface area contributed by atoms with Crippen LogP contribution in [0.4, 0.5) is 5.69 Å². The van der Waals surface area contributed by atoms with Crippen LogP contribution in [0.1, 0.15) is 37.9 Å². The average Bonchev–Trinajstić information content (AvgIpc) is 3.28. The predicted octanol–water partition coefficient (Wildman–Crippen LogP) is 4.42. The van der Waals surface area contributed by atoms with Gasteiger partial charge in [0.05, 0.1) is 35.1 Å². The van der Waals surface area contributed by atoms with Crippen LogP contribution in [0.15, 0.2) is 35.8 Å². The average molecular weight is 392 g/mol. The van der Waals surface area contributed by atoms with Crippen molar-refractivity contribution in [3.63, 3.8) is 0 Å². The molecule has 0 aliphatic rings. The van der Waals surface area contributed by atoms with E-state index in [1.54, 1.807) is 23.6 Å². The maximum atomic E-state index is 13.1. The molecule has 0 fully saturated rings. The molecule has 7 heteroatoms. The van der Waals surface area contributed by atoms with E-state index in [1.165, 1.54) is 4.88 Å². The van der Waals surface area contributed by atoms with Gasteiger partial charge in [0.2, 0.25) is 0 Å². The van der Waals surface area contributed by atoms with Crippen molar-refractivity contribution >= 4 is 34.0 Å². The van der Waals surface area contributed by atoms with Crippen molar-refractivity contribution in [2.24, 2.45) is 0 Å². The number of hydrogen-bond acceptors (Lipinski definition) is 5. The summed E-state index contributed by atoms with van der Waals surface area (Å²) >= 11 is 1.68. The minimum atomic E-state index is -0.178. The van der Waals surface area contributed by atoms with Crippen LogP contribution in [-0.2, 0) is 6.54 Å². The van der Waals surface area contributed by atoms with Crippen LogP contribution in [0.3, 0.4) is 0 Å². The number of carbonyl (C=O) groups excluding carboxylic acids is 1. The molecule has 0 aliphatic carbocycles. The van der Waals surface area contributed by atoms with E-state index in [0.717, 1.165) is 33.7 Å². The number of nitrogens with zero attached hydrogens (tertiary/aromatic N) is 4. The first-order valence-electron chi connectivity index (χ1n) is 9.04. The minimum absolute atomic E-state index is 0.178. The first kappa shape index (κ1) is 18.3. The molecule has 4 heterocycles. The Balaban J connectivity index is 1.72. The number of thiophene rings is 1. The summed E-state index contributed by atoms with van der Waals surface area (Å²) in [6.45, 7) is 8.36. The van der Waals surface area contributed by atoms with E-state index in [2.05, 4.69) is 26.4 Å². The van der Waals surface area contributed by atoms with Gasteiger partial charge in [-0.2, -0.15) is 5.10 Å². The van der Waals surface area contributed by atoms with Gasteiger partial charge < -0.3 is 5.32 Å². The summed E-state index contributed by atoms with van der Waals surface area (Å²) in [4.78, 5) is 23.4. The van der Waals surface area contributed by atoms with Gasteiger partial charge in [0, 0.05) is 16.3 Å². The Labute approximate surface area is 167 Å². The van der Waals surface area contributed by atoms with Crippen LogP contribution in [-0.4, -0.2) is 25.7 Å². The molecule has 4 rings (SSSR count). The second kappa shape index (κ2) is 7.16. The summed E-state index contributed by atoms with van der Waals surface area (Å²) < 4.78 is 1.84. The molecule has 28 heavy (non-hydrogen) atoms. The SMILES string of the molecule is Cc1cc(C)c(NC(=O)c2cc(C)nc3c2cnn3Cc2cccs2)c(C)n1. The summed E-state index contributed by atoms with van der Waals surface area (Å²) in [6, 6.07) is 7.86. The Bertz CT molecular complexity index is 1150. The Morgan fingerprint density at radius 3 is 2.64 bits per heavy atom. The number of carbonyl (C=O) groups is 1. The molecule has 6 nitrogen and oxygen atoms in total. The molecule has 0 bridgehead atoms. The first-order chi connectivity index (χ1) is 13.4. The van der Waals surface area contributed by atoms with Gasteiger partial charge in [0.1, 0.15) is 0 Å². The lowest BCUT2D eigenvalue weighted by molar-refractivity contribution is 0.102. The number of pyridine rings is 2. The van der Waals surface area contributed by atoms with E-state index in [4.69, 9.17) is 0 Å². The highest BCUT2D eigenvalue weighted by atomic mass is 32.1. The standard InChI is InChI=1S/C21H21N5OS/c1-12-8-13(2)23-15(4)19(12)25-21(27)17-9-14(3)24-20-18(17)10-22-26(20)11-16-6-5-7-28-16/h5-10H,11H2,1-4H3,(H,25,27). The Morgan fingerprint density at radius 1 is 1.14 bits per heavy atom. The fourth-order valence-corrected chi connectivity index (χ4v) is 4.11. The molecule has 4 aromatic heterocycles. The lowest BCUT2D eigenvalue weighted by Gasteiger charge is -2.13. The third-order valence-corrected chi connectivity index (χ3v) is 5.49.